The molecular weight excluding hydrogens is 197 g/mol. The number of hydrogen-bond acceptors (Lipinski definition) is 3. The van der Waals surface area contributed by atoms with Crippen molar-refractivity contribution >= 4 is 5.69 Å². The SMILES string of the molecule is CN(N)c1cccc(OC(F)(F)F)c1. The van der Waals surface area contributed by atoms with Gasteiger partial charge < -0.3 is 9.75 Å². The van der Waals surface area contributed by atoms with Crippen LogP contribution in [-0.2, 0) is 0 Å². The molecule has 1 aromatic carbocycles. The summed E-state index contributed by atoms with van der Waals surface area (Å²) in [6, 6.07) is 5.41. The first-order valence-electron chi connectivity index (χ1n) is 3.73. The molecule has 0 aliphatic rings. The van der Waals surface area contributed by atoms with Gasteiger partial charge in [-0.05, 0) is 12.1 Å². The van der Waals surface area contributed by atoms with Crippen LogP contribution in [-0.4, -0.2) is 13.4 Å². The van der Waals surface area contributed by atoms with Gasteiger partial charge in [0.2, 0.25) is 0 Å². The van der Waals surface area contributed by atoms with Crippen LogP contribution < -0.4 is 15.6 Å². The fourth-order valence-corrected chi connectivity index (χ4v) is 0.900. The van der Waals surface area contributed by atoms with E-state index in [1.807, 2.05) is 0 Å². The number of ether oxygens (including phenoxy) is 1. The Morgan fingerprint density at radius 3 is 2.50 bits per heavy atom. The molecular formula is C8H9F3N2O. The highest BCUT2D eigenvalue weighted by Crippen LogP contribution is 2.25. The van der Waals surface area contributed by atoms with Crippen LogP contribution in [0.3, 0.4) is 0 Å². The zero-order chi connectivity index (χ0) is 10.8. The first-order valence-corrected chi connectivity index (χ1v) is 3.73. The van der Waals surface area contributed by atoms with Crippen LogP contribution in [0.1, 0.15) is 0 Å². The Balaban J connectivity index is 2.84. The first kappa shape index (κ1) is 10.6. The molecule has 0 fully saturated rings. The largest absolute Gasteiger partial charge is 0.573 e. The number of nitrogens with zero attached hydrogens (tertiary/aromatic N) is 1. The molecule has 0 spiro atoms. The topological polar surface area (TPSA) is 38.5 Å². The number of nitrogens with two attached hydrogens (primary N) is 1. The molecule has 0 amide bonds. The predicted molar refractivity (Wildman–Crippen MR) is 45.7 cm³/mol. The highest BCUT2D eigenvalue weighted by molar-refractivity contribution is 5.48. The summed E-state index contributed by atoms with van der Waals surface area (Å²) >= 11 is 0. The van der Waals surface area contributed by atoms with Gasteiger partial charge in [0, 0.05) is 13.1 Å². The molecule has 0 saturated heterocycles. The van der Waals surface area contributed by atoms with E-state index < -0.39 is 6.36 Å². The van der Waals surface area contributed by atoms with E-state index in [2.05, 4.69) is 4.74 Å². The van der Waals surface area contributed by atoms with Crippen molar-refractivity contribution in [3.05, 3.63) is 24.3 Å². The maximum Gasteiger partial charge on any atom is 0.573 e. The number of rotatable bonds is 2. The fraction of sp³-hybridized carbons (Fsp3) is 0.250. The van der Waals surface area contributed by atoms with Crippen LogP contribution >= 0.6 is 0 Å². The summed E-state index contributed by atoms with van der Waals surface area (Å²) in [5.74, 6) is 5.06. The molecule has 1 rings (SSSR count). The van der Waals surface area contributed by atoms with E-state index in [1.54, 1.807) is 6.07 Å². The molecule has 0 aliphatic heterocycles. The molecule has 14 heavy (non-hydrogen) atoms. The summed E-state index contributed by atoms with van der Waals surface area (Å²) < 4.78 is 39.1. The zero-order valence-corrected chi connectivity index (χ0v) is 7.38. The number of halogens is 3. The van der Waals surface area contributed by atoms with Gasteiger partial charge >= 0.3 is 6.36 Å². The van der Waals surface area contributed by atoms with Crippen molar-refractivity contribution in [3.8, 4) is 5.75 Å². The maximum absolute atomic E-state index is 11.8. The van der Waals surface area contributed by atoms with Gasteiger partial charge in [-0.3, -0.25) is 0 Å². The van der Waals surface area contributed by atoms with E-state index in [4.69, 9.17) is 5.84 Å². The molecule has 2 N–H and O–H groups in total. The second-order valence-corrected chi connectivity index (χ2v) is 2.66. The molecule has 0 saturated carbocycles. The Morgan fingerprint density at radius 2 is 2.00 bits per heavy atom. The quantitative estimate of drug-likeness (QED) is 0.593. The van der Waals surface area contributed by atoms with Gasteiger partial charge in [0.25, 0.3) is 0 Å². The van der Waals surface area contributed by atoms with E-state index in [-0.39, 0.29) is 5.75 Å². The number of anilines is 1. The predicted octanol–water partition coefficient (Wildman–Crippen LogP) is 1.90. The summed E-state index contributed by atoms with van der Waals surface area (Å²) in [5.41, 5.74) is 0.437. The smallest absolute Gasteiger partial charge is 0.406 e. The maximum atomic E-state index is 11.8. The molecule has 0 atom stereocenters. The van der Waals surface area contributed by atoms with Gasteiger partial charge in [-0.25, -0.2) is 5.84 Å². The second kappa shape index (κ2) is 3.75. The summed E-state index contributed by atoms with van der Waals surface area (Å²) in [5, 5.41) is 1.20. The third-order valence-corrected chi connectivity index (χ3v) is 1.46. The van der Waals surface area contributed by atoms with E-state index in [0.29, 0.717) is 5.69 Å². The molecule has 78 valence electrons. The number of hydrogen-bond donors (Lipinski definition) is 1. The third-order valence-electron chi connectivity index (χ3n) is 1.46. The minimum absolute atomic E-state index is 0.285. The molecule has 0 unspecified atom stereocenters. The van der Waals surface area contributed by atoms with Crippen molar-refractivity contribution in [2.24, 2.45) is 5.84 Å². The van der Waals surface area contributed by atoms with Crippen molar-refractivity contribution in [1.29, 1.82) is 0 Å². The van der Waals surface area contributed by atoms with Gasteiger partial charge in [0.1, 0.15) is 5.75 Å². The minimum Gasteiger partial charge on any atom is -0.406 e. The highest BCUT2D eigenvalue weighted by atomic mass is 19.4. The monoisotopic (exact) mass is 206 g/mol. The van der Waals surface area contributed by atoms with E-state index in [9.17, 15) is 13.2 Å². The Kier molecular flexibility index (Phi) is 2.85. The Labute approximate surface area is 78.8 Å². The molecule has 0 radical (unpaired) electrons. The normalized spacial score (nSPS) is 11.2. The average Bonchev–Trinajstić information content (AvgIpc) is 2.01. The Morgan fingerprint density at radius 1 is 1.36 bits per heavy atom. The summed E-state index contributed by atoms with van der Waals surface area (Å²) in [6.45, 7) is 0. The van der Waals surface area contributed by atoms with Crippen LogP contribution in [0.2, 0.25) is 0 Å². The van der Waals surface area contributed by atoms with Crippen molar-refractivity contribution in [3.63, 3.8) is 0 Å². The molecule has 0 bridgehead atoms. The molecule has 1 aromatic rings. The van der Waals surface area contributed by atoms with Gasteiger partial charge in [0.15, 0.2) is 0 Å². The lowest BCUT2D eigenvalue weighted by Gasteiger charge is -2.14. The van der Waals surface area contributed by atoms with Gasteiger partial charge in [-0.1, -0.05) is 6.07 Å². The zero-order valence-electron chi connectivity index (χ0n) is 7.38. The Bertz CT molecular complexity index is 312. The minimum atomic E-state index is -4.67. The molecule has 0 aliphatic carbocycles. The van der Waals surface area contributed by atoms with Crippen molar-refractivity contribution in [1.82, 2.24) is 0 Å². The molecule has 0 heterocycles. The molecule has 3 nitrogen and oxygen atoms in total. The summed E-state index contributed by atoms with van der Waals surface area (Å²) in [6.07, 6.45) is -4.67. The van der Waals surface area contributed by atoms with Crippen LogP contribution in [0, 0.1) is 0 Å². The third kappa shape index (κ3) is 3.14. The van der Waals surface area contributed by atoms with Gasteiger partial charge in [-0.2, -0.15) is 0 Å². The summed E-state index contributed by atoms with van der Waals surface area (Å²) in [7, 11) is 1.52. The van der Waals surface area contributed by atoms with Crippen LogP contribution in [0.4, 0.5) is 18.9 Å². The van der Waals surface area contributed by atoms with Crippen LogP contribution in [0.15, 0.2) is 24.3 Å². The van der Waals surface area contributed by atoms with Crippen molar-refractivity contribution in [2.75, 3.05) is 12.1 Å². The lowest BCUT2D eigenvalue weighted by molar-refractivity contribution is -0.274. The standard InChI is InChI=1S/C8H9F3N2O/c1-13(12)6-3-2-4-7(5-6)14-8(9,10)11/h2-5H,12H2,1H3. The number of hydrazine groups is 1. The molecule has 0 aromatic heterocycles. The first-order chi connectivity index (χ1) is 6.38. The van der Waals surface area contributed by atoms with E-state index in [0.717, 1.165) is 0 Å². The Hall–Kier alpha value is -1.43. The van der Waals surface area contributed by atoms with Crippen LogP contribution in [0.5, 0.6) is 5.75 Å². The van der Waals surface area contributed by atoms with Crippen LogP contribution in [0.25, 0.3) is 0 Å². The fourth-order valence-electron chi connectivity index (χ4n) is 0.900. The lowest BCUT2D eigenvalue weighted by Crippen LogP contribution is -2.25. The van der Waals surface area contributed by atoms with Gasteiger partial charge in [-0.15, -0.1) is 13.2 Å². The van der Waals surface area contributed by atoms with Crippen molar-refractivity contribution in [2.45, 2.75) is 6.36 Å². The van der Waals surface area contributed by atoms with Gasteiger partial charge in [0.05, 0.1) is 5.69 Å². The lowest BCUT2D eigenvalue weighted by atomic mass is 10.3. The summed E-state index contributed by atoms with van der Waals surface area (Å²) in [4.78, 5) is 0. The van der Waals surface area contributed by atoms with E-state index in [1.165, 1.54) is 30.3 Å². The average molecular weight is 206 g/mol. The second-order valence-electron chi connectivity index (χ2n) is 2.66. The highest BCUT2D eigenvalue weighted by Gasteiger charge is 2.31. The van der Waals surface area contributed by atoms with E-state index >= 15 is 0 Å². The number of alkyl halides is 3. The number of benzene rings is 1. The molecule has 6 heteroatoms. The van der Waals surface area contributed by atoms with Crippen molar-refractivity contribution < 1.29 is 17.9 Å².